The minimum absolute atomic E-state index is 0.322. The largest absolute Gasteiger partial charge is 0.508 e. The van der Waals surface area contributed by atoms with Gasteiger partial charge in [-0.1, -0.05) is 84.9 Å². The standard InChI is InChI=1S/C10H9N3O.C6H6O.C6H6/c1-14-9-7-11-13-12-10(9)8-5-3-2-4-6-8;7-6-4-2-1-3-5-6;1-2-4-6-5-3-1/h2-7H,1H3;1-5,7H;1-6H. The van der Waals surface area contributed by atoms with Crippen LogP contribution in [0.25, 0.3) is 11.3 Å². The summed E-state index contributed by atoms with van der Waals surface area (Å²) in [5, 5.41) is 19.8. The van der Waals surface area contributed by atoms with E-state index in [1.54, 1.807) is 37.6 Å². The number of aromatic hydroxyl groups is 1. The maximum Gasteiger partial charge on any atom is 0.167 e. The third-order valence-electron chi connectivity index (χ3n) is 3.29. The average Bonchev–Trinajstić information content (AvgIpc) is 2.77. The molecule has 0 atom stereocenters. The molecule has 1 aromatic heterocycles. The third-order valence-corrected chi connectivity index (χ3v) is 3.29. The highest BCUT2D eigenvalue weighted by atomic mass is 16.5. The van der Waals surface area contributed by atoms with Gasteiger partial charge in [-0.05, 0) is 17.3 Å². The summed E-state index contributed by atoms with van der Waals surface area (Å²) in [5.74, 6) is 0.953. The number of methoxy groups -OCH3 is 1. The maximum absolute atomic E-state index is 8.63. The topological polar surface area (TPSA) is 68.1 Å². The van der Waals surface area contributed by atoms with Crippen LogP contribution in [0.15, 0.2) is 103 Å². The van der Waals surface area contributed by atoms with Crippen LogP contribution in [0, 0.1) is 0 Å². The minimum atomic E-state index is 0.322. The van der Waals surface area contributed by atoms with Crippen LogP contribution in [0.1, 0.15) is 0 Å². The summed E-state index contributed by atoms with van der Waals surface area (Å²) in [6.45, 7) is 0. The molecular formula is C22H21N3O2. The van der Waals surface area contributed by atoms with Crippen molar-refractivity contribution in [1.82, 2.24) is 15.4 Å². The van der Waals surface area contributed by atoms with Gasteiger partial charge in [0.25, 0.3) is 0 Å². The molecule has 0 spiro atoms. The smallest absolute Gasteiger partial charge is 0.167 e. The van der Waals surface area contributed by atoms with Crippen LogP contribution in [-0.2, 0) is 0 Å². The van der Waals surface area contributed by atoms with Crippen molar-refractivity contribution in [2.45, 2.75) is 0 Å². The molecule has 0 bridgehead atoms. The van der Waals surface area contributed by atoms with Gasteiger partial charge in [0.2, 0.25) is 0 Å². The van der Waals surface area contributed by atoms with E-state index in [2.05, 4.69) is 15.4 Å². The molecule has 27 heavy (non-hydrogen) atoms. The molecular weight excluding hydrogens is 338 g/mol. The first-order chi connectivity index (χ1) is 13.3. The Morgan fingerprint density at radius 2 is 1.19 bits per heavy atom. The predicted molar refractivity (Wildman–Crippen MR) is 106 cm³/mol. The quantitative estimate of drug-likeness (QED) is 0.565. The van der Waals surface area contributed by atoms with Gasteiger partial charge in [0.15, 0.2) is 5.75 Å². The first kappa shape index (κ1) is 19.6. The van der Waals surface area contributed by atoms with Gasteiger partial charge < -0.3 is 9.84 Å². The maximum atomic E-state index is 8.63. The minimum Gasteiger partial charge on any atom is -0.508 e. The van der Waals surface area contributed by atoms with E-state index in [4.69, 9.17) is 9.84 Å². The van der Waals surface area contributed by atoms with E-state index < -0.39 is 0 Å². The van der Waals surface area contributed by atoms with Crippen molar-refractivity contribution in [2.75, 3.05) is 7.11 Å². The van der Waals surface area contributed by atoms with Crippen molar-refractivity contribution in [3.05, 3.63) is 103 Å². The summed E-state index contributed by atoms with van der Waals surface area (Å²) >= 11 is 0. The first-order valence-corrected chi connectivity index (χ1v) is 8.33. The molecule has 0 amide bonds. The zero-order valence-corrected chi connectivity index (χ0v) is 15.0. The zero-order chi connectivity index (χ0) is 19.2. The van der Waals surface area contributed by atoms with Crippen molar-refractivity contribution < 1.29 is 9.84 Å². The number of hydrogen-bond donors (Lipinski definition) is 1. The Hall–Kier alpha value is -3.73. The van der Waals surface area contributed by atoms with E-state index in [-0.39, 0.29) is 0 Å². The van der Waals surface area contributed by atoms with E-state index in [0.717, 1.165) is 5.56 Å². The lowest BCUT2D eigenvalue weighted by molar-refractivity contribution is 0.410. The second-order valence-electron chi connectivity index (χ2n) is 5.21. The van der Waals surface area contributed by atoms with Crippen LogP contribution in [0.3, 0.4) is 0 Å². The molecule has 0 unspecified atom stereocenters. The van der Waals surface area contributed by atoms with Crippen molar-refractivity contribution in [3.63, 3.8) is 0 Å². The lowest BCUT2D eigenvalue weighted by Crippen LogP contribution is -1.95. The van der Waals surface area contributed by atoms with Crippen LogP contribution >= 0.6 is 0 Å². The Labute approximate surface area is 158 Å². The number of ether oxygens (including phenoxy) is 1. The molecule has 1 N–H and O–H groups in total. The summed E-state index contributed by atoms with van der Waals surface area (Å²) in [7, 11) is 1.59. The van der Waals surface area contributed by atoms with Crippen LogP contribution in [-0.4, -0.2) is 27.6 Å². The number of hydrogen-bond acceptors (Lipinski definition) is 5. The van der Waals surface area contributed by atoms with E-state index >= 15 is 0 Å². The molecule has 0 aliphatic heterocycles. The Balaban J connectivity index is 0.000000167. The molecule has 4 rings (SSSR count). The van der Waals surface area contributed by atoms with Gasteiger partial charge in [0.05, 0.1) is 13.3 Å². The van der Waals surface area contributed by atoms with Crippen molar-refractivity contribution >= 4 is 0 Å². The molecule has 4 aromatic rings. The van der Waals surface area contributed by atoms with Gasteiger partial charge in [-0.3, -0.25) is 0 Å². The van der Waals surface area contributed by atoms with Crippen LogP contribution in [0.2, 0.25) is 0 Å². The summed E-state index contributed by atoms with van der Waals surface area (Å²) in [6, 6.07) is 30.4. The molecule has 0 saturated carbocycles. The molecule has 3 aromatic carbocycles. The average molecular weight is 359 g/mol. The Morgan fingerprint density at radius 3 is 1.63 bits per heavy atom. The number of benzene rings is 3. The van der Waals surface area contributed by atoms with E-state index in [1.165, 1.54) is 0 Å². The predicted octanol–water partition coefficient (Wildman–Crippen LogP) is 4.63. The molecule has 0 aliphatic carbocycles. The lowest BCUT2D eigenvalue weighted by Gasteiger charge is -2.04. The Kier molecular flexibility index (Phi) is 8.53. The Bertz CT molecular complexity index is 847. The van der Waals surface area contributed by atoms with Gasteiger partial charge in [0.1, 0.15) is 11.4 Å². The summed E-state index contributed by atoms with van der Waals surface area (Å²) < 4.78 is 5.13. The highest BCUT2D eigenvalue weighted by molar-refractivity contribution is 5.64. The first-order valence-electron chi connectivity index (χ1n) is 8.33. The van der Waals surface area contributed by atoms with Crippen LogP contribution < -0.4 is 4.74 Å². The highest BCUT2D eigenvalue weighted by Crippen LogP contribution is 2.24. The molecule has 0 radical (unpaired) electrons. The summed E-state index contributed by atoms with van der Waals surface area (Å²) in [4.78, 5) is 0. The molecule has 0 aliphatic rings. The zero-order valence-electron chi connectivity index (χ0n) is 15.0. The SMILES string of the molecule is COc1cnnnc1-c1ccccc1.Oc1ccccc1.c1ccccc1. The second-order valence-corrected chi connectivity index (χ2v) is 5.21. The molecule has 5 heteroatoms. The number of phenols is 1. The monoisotopic (exact) mass is 359 g/mol. The molecule has 0 saturated heterocycles. The second kappa shape index (κ2) is 11.8. The van der Waals surface area contributed by atoms with Gasteiger partial charge in [0, 0.05) is 5.56 Å². The van der Waals surface area contributed by atoms with Crippen molar-refractivity contribution in [1.29, 1.82) is 0 Å². The van der Waals surface area contributed by atoms with Crippen molar-refractivity contribution in [2.24, 2.45) is 0 Å². The fraction of sp³-hybridized carbons (Fsp3) is 0.0455. The van der Waals surface area contributed by atoms with E-state index in [9.17, 15) is 0 Å². The molecule has 5 nitrogen and oxygen atoms in total. The Morgan fingerprint density at radius 1 is 0.704 bits per heavy atom. The number of rotatable bonds is 2. The van der Waals surface area contributed by atoms with E-state index in [1.807, 2.05) is 72.8 Å². The van der Waals surface area contributed by atoms with Gasteiger partial charge >= 0.3 is 0 Å². The molecule has 1 heterocycles. The summed E-state index contributed by atoms with van der Waals surface area (Å²) in [5.41, 5.74) is 1.68. The fourth-order valence-corrected chi connectivity index (χ4v) is 2.02. The van der Waals surface area contributed by atoms with Crippen LogP contribution in [0.5, 0.6) is 11.5 Å². The fourth-order valence-electron chi connectivity index (χ4n) is 2.02. The normalized spacial score (nSPS) is 9.07. The molecule has 136 valence electrons. The van der Waals surface area contributed by atoms with Crippen molar-refractivity contribution in [3.8, 4) is 22.8 Å². The number of para-hydroxylation sites is 1. The molecule has 0 fully saturated rings. The van der Waals surface area contributed by atoms with Gasteiger partial charge in [-0.2, -0.15) is 0 Å². The van der Waals surface area contributed by atoms with Gasteiger partial charge in [-0.15, -0.1) is 10.2 Å². The van der Waals surface area contributed by atoms with Crippen LogP contribution in [0.4, 0.5) is 0 Å². The van der Waals surface area contributed by atoms with Gasteiger partial charge in [-0.25, -0.2) is 0 Å². The number of aromatic nitrogens is 3. The summed E-state index contributed by atoms with van der Waals surface area (Å²) in [6.07, 6.45) is 1.55. The lowest BCUT2D eigenvalue weighted by atomic mass is 10.1. The number of nitrogens with zero attached hydrogens (tertiary/aromatic N) is 3. The van der Waals surface area contributed by atoms with E-state index in [0.29, 0.717) is 17.2 Å². The number of phenolic OH excluding ortho intramolecular Hbond substituents is 1. The third kappa shape index (κ3) is 7.36. The highest BCUT2D eigenvalue weighted by Gasteiger charge is 2.06.